The van der Waals surface area contributed by atoms with Gasteiger partial charge in [-0.05, 0) is 19.1 Å². The number of methoxy groups -OCH3 is 2. The highest BCUT2D eigenvalue weighted by Gasteiger charge is 2.10. The first-order valence-electron chi connectivity index (χ1n) is 8.10. The largest absolute Gasteiger partial charge is 0.493 e. The van der Waals surface area contributed by atoms with Gasteiger partial charge in [-0.15, -0.1) is 24.0 Å². The topological polar surface area (TPSA) is 93.2 Å². The Hall–Kier alpha value is -1.75. The van der Waals surface area contributed by atoms with E-state index in [9.17, 15) is 4.79 Å². The molecule has 0 spiro atoms. The van der Waals surface area contributed by atoms with Crippen LogP contribution in [0.3, 0.4) is 0 Å². The molecule has 1 unspecified atom stereocenters. The van der Waals surface area contributed by atoms with Gasteiger partial charge in [0.25, 0.3) is 0 Å². The molecule has 1 aromatic rings. The van der Waals surface area contributed by atoms with Crippen LogP contribution in [0.25, 0.3) is 0 Å². The highest BCUT2D eigenvalue weighted by atomic mass is 127. The van der Waals surface area contributed by atoms with Crippen LogP contribution in [-0.2, 0) is 9.53 Å². The first kappa shape index (κ1) is 24.2. The molecule has 0 aromatic heterocycles. The monoisotopic (exact) mass is 480 g/mol. The minimum absolute atomic E-state index is 0. The fourth-order valence-electron chi connectivity index (χ4n) is 1.95. The quantitative estimate of drug-likeness (QED) is 0.200. The van der Waals surface area contributed by atoms with Crippen molar-refractivity contribution >= 4 is 35.8 Å². The van der Waals surface area contributed by atoms with Crippen molar-refractivity contribution in [2.24, 2.45) is 4.99 Å². The molecule has 26 heavy (non-hydrogen) atoms. The average Bonchev–Trinajstić information content (AvgIpc) is 2.62. The van der Waals surface area contributed by atoms with E-state index in [0.717, 1.165) is 0 Å². The number of hydrogen-bond acceptors (Lipinski definition) is 5. The lowest BCUT2D eigenvalue weighted by Crippen LogP contribution is -2.45. The fourth-order valence-corrected chi connectivity index (χ4v) is 1.95. The molecule has 0 radical (unpaired) electrons. The van der Waals surface area contributed by atoms with Crippen LogP contribution in [0.1, 0.15) is 6.92 Å². The SMILES string of the molecule is CN=C(NCC(=O)NCCOC)NCC(C)Oc1ccccc1OC.I. The normalized spacial score (nSPS) is 11.8. The number of para-hydroxylation sites is 2. The summed E-state index contributed by atoms with van der Waals surface area (Å²) in [4.78, 5) is 15.7. The predicted molar refractivity (Wildman–Crippen MR) is 113 cm³/mol. The minimum atomic E-state index is -0.127. The zero-order valence-corrected chi connectivity index (χ0v) is 18.0. The number of ether oxygens (including phenoxy) is 3. The lowest BCUT2D eigenvalue weighted by Gasteiger charge is -2.19. The van der Waals surface area contributed by atoms with Gasteiger partial charge in [-0.25, -0.2) is 0 Å². The molecule has 0 heterocycles. The van der Waals surface area contributed by atoms with Gasteiger partial charge in [-0.1, -0.05) is 12.1 Å². The predicted octanol–water partition coefficient (Wildman–Crippen LogP) is 1.01. The summed E-state index contributed by atoms with van der Waals surface area (Å²) in [6, 6.07) is 7.48. The molecule has 3 N–H and O–H groups in total. The second-order valence-corrected chi connectivity index (χ2v) is 5.23. The minimum Gasteiger partial charge on any atom is -0.493 e. The molecular weight excluding hydrogens is 451 g/mol. The summed E-state index contributed by atoms with van der Waals surface area (Å²) < 4.78 is 16.0. The molecule has 1 aromatic carbocycles. The molecule has 0 aliphatic carbocycles. The molecule has 148 valence electrons. The Morgan fingerprint density at radius 2 is 1.85 bits per heavy atom. The van der Waals surface area contributed by atoms with Gasteiger partial charge < -0.3 is 30.2 Å². The number of aliphatic imine (C=N–C) groups is 1. The van der Waals surface area contributed by atoms with Gasteiger partial charge in [0.1, 0.15) is 6.10 Å². The molecule has 0 bridgehead atoms. The zero-order valence-electron chi connectivity index (χ0n) is 15.7. The number of hydrogen-bond donors (Lipinski definition) is 3. The lowest BCUT2D eigenvalue weighted by molar-refractivity contribution is -0.120. The first-order valence-corrected chi connectivity index (χ1v) is 8.10. The Balaban J connectivity index is 0.00000625. The van der Waals surface area contributed by atoms with Crippen LogP contribution < -0.4 is 25.4 Å². The maximum absolute atomic E-state index is 11.6. The summed E-state index contributed by atoms with van der Waals surface area (Å²) in [6.07, 6.45) is -0.120. The average molecular weight is 480 g/mol. The third-order valence-electron chi connectivity index (χ3n) is 3.22. The Morgan fingerprint density at radius 3 is 2.46 bits per heavy atom. The van der Waals surface area contributed by atoms with Gasteiger partial charge >= 0.3 is 0 Å². The molecule has 0 aliphatic heterocycles. The van der Waals surface area contributed by atoms with E-state index in [1.807, 2.05) is 31.2 Å². The van der Waals surface area contributed by atoms with Crippen LogP contribution in [-0.4, -0.2) is 65.5 Å². The molecule has 1 atom stereocenters. The van der Waals surface area contributed by atoms with E-state index in [2.05, 4.69) is 20.9 Å². The van der Waals surface area contributed by atoms with Crippen LogP contribution in [0.4, 0.5) is 0 Å². The molecule has 0 saturated heterocycles. The number of guanidine groups is 1. The third kappa shape index (κ3) is 9.66. The van der Waals surface area contributed by atoms with Crippen molar-refractivity contribution < 1.29 is 19.0 Å². The van der Waals surface area contributed by atoms with Crippen molar-refractivity contribution in [3.8, 4) is 11.5 Å². The molecule has 0 aliphatic rings. The Bertz CT molecular complexity index is 557. The zero-order chi connectivity index (χ0) is 18.5. The number of nitrogens with one attached hydrogen (secondary N) is 3. The van der Waals surface area contributed by atoms with E-state index in [0.29, 0.717) is 37.2 Å². The first-order chi connectivity index (χ1) is 12.1. The standard InChI is InChI=1S/C17H28N4O4.HI/c1-13(25-15-8-6-5-7-14(15)24-4)11-20-17(18-2)21-12-16(22)19-9-10-23-3;/h5-8,13H,9-12H2,1-4H3,(H,19,22)(H2,18,20,21);1H. The fraction of sp³-hybridized carbons (Fsp3) is 0.529. The number of benzene rings is 1. The van der Waals surface area contributed by atoms with Crippen LogP contribution >= 0.6 is 24.0 Å². The van der Waals surface area contributed by atoms with Gasteiger partial charge in [0.2, 0.25) is 5.91 Å². The summed E-state index contributed by atoms with van der Waals surface area (Å²) >= 11 is 0. The maximum atomic E-state index is 11.6. The summed E-state index contributed by atoms with van der Waals surface area (Å²) in [5.74, 6) is 1.76. The van der Waals surface area contributed by atoms with E-state index >= 15 is 0 Å². The molecular formula is C17H29IN4O4. The van der Waals surface area contributed by atoms with E-state index in [4.69, 9.17) is 14.2 Å². The molecule has 9 heteroatoms. The van der Waals surface area contributed by atoms with Crippen LogP contribution in [0.15, 0.2) is 29.3 Å². The Kier molecular flexibility index (Phi) is 13.5. The number of nitrogens with zero attached hydrogens (tertiary/aromatic N) is 1. The van der Waals surface area contributed by atoms with Gasteiger partial charge in [0, 0.05) is 20.7 Å². The molecule has 8 nitrogen and oxygen atoms in total. The van der Waals surface area contributed by atoms with Crippen molar-refractivity contribution in [3.63, 3.8) is 0 Å². The molecule has 0 saturated carbocycles. The van der Waals surface area contributed by atoms with E-state index in [1.54, 1.807) is 21.3 Å². The lowest BCUT2D eigenvalue weighted by atomic mass is 10.3. The number of rotatable bonds is 10. The second kappa shape index (κ2) is 14.4. The van der Waals surface area contributed by atoms with E-state index < -0.39 is 0 Å². The van der Waals surface area contributed by atoms with Crippen molar-refractivity contribution in [1.29, 1.82) is 0 Å². The highest BCUT2D eigenvalue weighted by Crippen LogP contribution is 2.26. The molecule has 0 fully saturated rings. The van der Waals surface area contributed by atoms with Crippen molar-refractivity contribution in [1.82, 2.24) is 16.0 Å². The highest BCUT2D eigenvalue weighted by molar-refractivity contribution is 14.0. The van der Waals surface area contributed by atoms with Crippen molar-refractivity contribution in [2.45, 2.75) is 13.0 Å². The maximum Gasteiger partial charge on any atom is 0.239 e. The number of carbonyl (C=O) groups excluding carboxylic acids is 1. The Labute approximate surface area is 172 Å². The summed E-state index contributed by atoms with van der Waals surface area (Å²) in [7, 11) is 4.84. The smallest absolute Gasteiger partial charge is 0.239 e. The van der Waals surface area contributed by atoms with E-state index in [-0.39, 0.29) is 42.5 Å². The van der Waals surface area contributed by atoms with Crippen LogP contribution in [0.2, 0.25) is 0 Å². The summed E-state index contributed by atoms with van der Waals surface area (Å²) in [5, 5.41) is 8.79. The molecule has 1 amide bonds. The van der Waals surface area contributed by atoms with Crippen molar-refractivity contribution in [2.75, 3.05) is 47.5 Å². The van der Waals surface area contributed by atoms with Gasteiger partial charge in [0.15, 0.2) is 17.5 Å². The number of amides is 1. The molecule has 1 rings (SSSR count). The third-order valence-corrected chi connectivity index (χ3v) is 3.22. The van der Waals surface area contributed by atoms with Crippen molar-refractivity contribution in [3.05, 3.63) is 24.3 Å². The summed E-state index contributed by atoms with van der Waals surface area (Å²) in [6.45, 7) is 3.54. The number of carbonyl (C=O) groups is 1. The van der Waals surface area contributed by atoms with Gasteiger partial charge in [-0.3, -0.25) is 9.79 Å². The van der Waals surface area contributed by atoms with Crippen LogP contribution in [0, 0.1) is 0 Å². The van der Waals surface area contributed by atoms with Crippen LogP contribution in [0.5, 0.6) is 11.5 Å². The second-order valence-electron chi connectivity index (χ2n) is 5.23. The Morgan fingerprint density at radius 1 is 1.15 bits per heavy atom. The summed E-state index contributed by atoms with van der Waals surface area (Å²) in [5.41, 5.74) is 0. The van der Waals surface area contributed by atoms with Gasteiger partial charge in [0.05, 0.1) is 26.8 Å². The number of halogens is 1. The van der Waals surface area contributed by atoms with Gasteiger partial charge in [-0.2, -0.15) is 0 Å². The van der Waals surface area contributed by atoms with E-state index in [1.165, 1.54) is 0 Å².